The van der Waals surface area contributed by atoms with Gasteiger partial charge >= 0.3 is 0 Å². The van der Waals surface area contributed by atoms with Crippen LogP contribution >= 0.6 is 11.6 Å². The molecule has 0 saturated carbocycles. The van der Waals surface area contributed by atoms with Crippen LogP contribution in [0.1, 0.15) is 23.9 Å². The molecule has 0 fully saturated rings. The van der Waals surface area contributed by atoms with Gasteiger partial charge in [0, 0.05) is 27.5 Å². The van der Waals surface area contributed by atoms with Gasteiger partial charge in [0.25, 0.3) is 5.56 Å². The summed E-state index contributed by atoms with van der Waals surface area (Å²) in [5, 5.41) is 3.81. The first-order chi connectivity index (χ1) is 10.0. The van der Waals surface area contributed by atoms with Crippen LogP contribution in [0.25, 0.3) is 16.8 Å². The third-order valence-corrected chi connectivity index (χ3v) is 4.00. The Balaban J connectivity index is 2.37. The second-order valence-electron chi connectivity index (χ2n) is 5.11. The number of rotatable bonds is 2. The number of nitrogens with one attached hydrogen (secondary N) is 1. The highest BCUT2D eigenvalue weighted by Gasteiger charge is 2.16. The van der Waals surface area contributed by atoms with Crippen LogP contribution in [-0.2, 0) is 6.42 Å². The topological polar surface area (TPSA) is 50.2 Å². The molecule has 108 valence electrons. The standard InChI is InChI=1S/C16H16ClN3O/c1-4-13-9(2)18-15-14(10(3)19-20(15)16(13)21)11-5-7-12(17)8-6-11/h5-8,19H,4H2,1-3H3. The van der Waals surface area contributed by atoms with Crippen LogP contribution in [0.4, 0.5) is 0 Å². The van der Waals surface area contributed by atoms with Crippen LogP contribution < -0.4 is 5.56 Å². The van der Waals surface area contributed by atoms with Crippen molar-refractivity contribution in [2.24, 2.45) is 0 Å². The van der Waals surface area contributed by atoms with Crippen LogP contribution in [0.15, 0.2) is 29.1 Å². The normalized spacial score (nSPS) is 11.2. The van der Waals surface area contributed by atoms with E-state index >= 15 is 0 Å². The van der Waals surface area contributed by atoms with E-state index < -0.39 is 0 Å². The van der Waals surface area contributed by atoms with E-state index in [1.807, 2.05) is 45.0 Å². The summed E-state index contributed by atoms with van der Waals surface area (Å²) < 4.78 is 1.53. The fourth-order valence-electron chi connectivity index (χ4n) is 2.69. The Labute approximate surface area is 127 Å². The van der Waals surface area contributed by atoms with Crippen molar-refractivity contribution in [3.05, 3.63) is 56.6 Å². The van der Waals surface area contributed by atoms with Crippen LogP contribution in [0.5, 0.6) is 0 Å². The molecule has 0 amide bonds. The van der Waals surface area contributed by atoms with E-state index in [4.69, 9.17) is 11.6 Å². The van der Waals surface area contributed by atoms with Crippen molar-refractivity contribution in [1.29, 1.82) is 0 Å². The third-order valence-electron chi connectivity index (χ3n) is 3.75. The van der Waals surface area contributed by atoms with E-state index in [1.165, 1.54) is 4.52 Å². The van der Waals surface area contributed by atoms with Gasteiger partial charge in [-0.1, -0.05) is 30.7 Å². The van der Waals surface area contributed by atoms with E-state index in [2.05, 4.69) is 10.1 Å². The van der Waals surface area contributed by atoms with Gasteiger partial charge in [-0.05, 0) is 38.0 Å². The molecule has 0 aliphatic carbocycles. The summed E-state index contributed by atoms with van der Waals surface area (Å²) in [6.45, 7) is 5.79. The van der Waals surface area contributed by atoms with Gasteiger partial charge in [0.05, 0.1) is 0 Å². The van der Waals surface area contributed by atoms with Gasteiger partial charge in [-0.25, -0.2) is 9.50 Å². The summed E-state index contributed by atoms with van der Waals surface area (Å²) in [4.78, 5) is 17.1. The Hall–Kier alpha value is -2.07. The predicted molar refractivity (Wildman–Crippen MR) is 85.1 cm³/mol. The van der Waals surface area contributed by atoms with Gasteiger partial charge in [0.2, 0.25) is 0 Å². The molecule has 3 aromatic rings. The summed E-state index contributed by atoms with van der Waals surface area (Å²) >= 11 is 5.94. The minimum atomic E-state index is -0.0247. The Bertz CT molecular complexity index is 875. The molecule has 0 aliphatic heterocycles. The molecule has 0 saturated heterocycles. The van der Waals surface area contributed by atoms with Gasteiger partial charge in [0.1, 0.15) is 0 Å². The second kappa shape index (κ2) is 5.04. The molecular formula is C16H16ClN3O. The van der Waals surface area contributed by atoms with Crippen molar-refractivity contribution in [3.8, 4) is 11.1 Å². The molecule has 0 atom stereocenters. The first-order valence-corrected chi connectivity index (χ1v) is 7.27. The van der Waals surface area contributed by atoms with Gasteiger partial charge in [-0.15, -0.1) is 0 Å². The summed E-state index contributed by atoms with van der Waals surface area (Å²) in [6, 6.07) is 7.55. The Kier molecular flexibility index (Phi) is 3.33. The van der Waals surface area contributed by atoms with Crippen molar-refractivity contribution in [2.75, 3.05) is 0 Å². The number of hydrogen-bond acceptors (Lipinski definition) is 2. The number of halogens is 1. The molecule has 0 spiro atoms. The maximum Gasteiger partial charge on any atom is 0.276 e. The fourth-order valence-corrected chi connectivity index (χ4v) is 2.82. The smallest absolute Gasteiger partial charge is 0.276 e. The highest BCUT2D eigenvalue weighted by molar-refractivity contribution is 6.30. The monoisotopic (exact) mass is 301 g/mol. The number of hydrogen-bond donors (Lipinski definition) is 1. The summed E-state index contributed by atoms with van der Waals surface area (Å²) in [7, 11) is 0. The number of benzene rings is 1. The zero-order valence-electron chi connectivity index (χ0n) is 12.2. The Morgan fingerprint density at radius 3 is 2.52 bits per heavy atom. The molecular weight excluding hydrogens is 286 g/mol. The quantitative estimate of drug-likeness (QED) is 0.787. The van der Waals surface area contributed by atoms with E-state index in [9.17, 15) is 4.79 Å². The fraction of sp³-hybridized carbons (Fsp3) is 0.250. The van der Waals surface area contributed by atoms with Crippen molar-refractivity contribution in [2.45, 2.75) is 27.2 Å². The Morgan fingerprint density at radius 2 is 1.90 bits per heavy atom. The SMILES string of the molecule is CCc1c(C)nc2c(-c3ccc(Cl)cc3)c(C)[nH]n2c1=O. The molecule has 4 nitrogen and oxygen atoms in total. The zero-order chi connectivity index (χ0) is 15.1. The molecule has 2 heterocycles. The lowest BCUT2D eigenvalue weighted by Crippen LogP contribution is -2.21. The molecule has 5 heteroatoms. The first-order valence-electron chi connectivity index (χ1n) is 6.89. The van der Waals surface area contributed by atoms with Gasteiger partial charge in [-0.3, -0.25) is 9.89 Å². The van der Waals surface area contributed by atoms with Gasteiger partial charge in [0.15, 0.2) is 5.65 Å². The largest absolute Gasteiger partial charge is 0.293 e. The number of aryl methyl sites for hydroxylation is 2. The number of fused-ring (bicyclic) bond motifs is 1. The maximum absolute atomic E-state index is 12.5. The number of nitrogens with zero attached hydrogens (tertiary/aromatic N) is 2. The summed E-state index contributed by atoms with van der Waals surface area (Å²) in [5.74, 6) is 0. The van der Waals surface area contributed by atoms with E-state index in [1.54, 1.807) is 0 Å². The molecule has 1 aromatic carbocycles. The van der Waals surface area contributed by atoms with Crippen molar-refractivity contribution in [3.63, 3.8) is 0 Å². The molecule has 0 radical (unpaired) electrons. The predicted octanol–water partition coefficient (Wildman–Crippen LogP) is 3.52. The van der Waals surface area contributed by atoms with Crippen LogP contribution in [0.2, 0.25) is 5.02 Å². The highest BCUT2D eigenvalue weighted by atomic mass is 35.5. The van der Waals surface area contributed by atoms with Crippen LogP contribution in [0.3, 0.4) is 0 Å². The second-order valence-corrected chi connectivity index (χ2v) is 5.55. The molecule has 0 bridgehead atoms. The molecule has 3 rings (SSSR count). The lowest BCUT2D eigenvalue weighted by Gasteiger charge is -2.04. The maximum atomic E-state index is 12.5. The van der Waals surface area contributed by atoms with Gasteiger partial charge < -0.3 is 0 Å². The van der Waals surface area contributed by atoms with Crippen LogP contribution in [-0.4, -0.2) is 14.6 Å². The molecule has 0 unspecified atom stereocenters. The minimum Gasteiger partial charge on any atom is -0.293 e. The van der Waals surface area contributed by atoms with Crippen LogP contribution in [0, 0.1) is 13.8 Å². The zero-order valence-corrected chi connectivity index (χ0v) is 13.0. The average molecular weight is 302 g/mol. The van der Waals surface area contributed by atoms with Crippen molar-refractivity contribution < 1.29 is 0 Å². The third kappa shape index (κ3) is 2.16. The highest BCUT2D eigenvalue weighted by Crippen LogP contribution is 2.27. The number of aromatic amines is 1. The molecule has 1 N–H and O–H groups in total. The average Bonchev–Trinajstić information content (AvgIpc) is 2.77. The number of aromatic nitrogens is 3. The molecule has 0 aliphatic rings. The number of H-pyrrole nitrogens is 1. The molecule has 2 aromatic heterocycles. The molecule has 21 heavy (non-hydrogen) atoms. The lowest BCUT2D eigenvalue weighted by molar-refractivity contribution is 0.841. The van der Waals surface area contributed by atoms with E-state index in [-0.39, 0.29) is 5.56 Å². The Morgan fingerprint density at radius 1 is 1.24 bits per heavy atom. The lowest BCUT2D eigenvalue weighted by atomic mass is 10.1. The summed E-state index contributed by atoms with van der Waals surface area (Å²) in [5.41, 5.74) is 5.02. The summed E-state index contributed by atoms with van der Waals surface area (Å²) in [6.07, 6.45) is 0.676. The van der Waals surface area contributed by atoms with E-state index in [0.717, 1.165) is 28.1 Å². The van der Waals surface area contributed by atoms with Crippen molar-refractivity contribution in [1.82, 2.24) is 14.6 Å². The first kappa shape index (κ1) is 13.9. The van der Waals surface area contributed by atoms with Crippen molar-refractivity contribution >= 4 is 17.2 Å². The van der Waals surface area contributed by atoms with Gasteiger partial charge in [-0.2, -0.15) is 0 Å². The van der Waals surface area contributed by atoms with E-state index in [0.29, 0.717) is 17.1 Å². The minimum absolute atomic E-state index is 0.0247.